The van der Waals surface area contributed by atoms with Crippen LogP contribution in [0.25, 0.3) is 0 Å². The van der Waals surface area contributed by atoms with Crippen LogP contribution in [-0.2, 0) is 4.74 Å². The molecule has 0 saturated heterocycles. The SMILES string of the molecule is CC(NC(=O)OC(C)(C)C)C(O)CC1CC1. The lowest BCUT2D eigenvalue weighted by Gasteiger charge is -2.24. The molecule has 0 aromatic rings. The van der Waals surface area contributed by atoms with Gasteiger partial charge in [-0.3, -0.25) is 0 Å². The topological polar surface area (TPSA) is 58.6 Å². The highest BCUT2D eigenvalue weighted by atomic mass is 16.6. The molecule has 1 aliphatic carbocycles. The van der Waals surface area contributed by atoms with Crippen molar-refractivity contribution in [3.8, 4) is 0 Å². The Labute approximate surface area is 97.4 Å². The van der Waals surface area contributed by atoms with Gasteiger partial charge in [-0.1, -0.05) is 12.8 Å². The number of carbonyl (C=O) groups is 1. The van der Waals surface area contributed by atoms with Gasteiger partial charge in [0.05, 0.1) is 12.1 Å². The largest absolute Gasteiger partial charge is 0.444 e. The van der Waals surface area contributed by atoms with Gasteiger partial charge < -0.3 is 15.2 Å². The molecule has 0 spiro atoms. The second kappa shape index (κ2) is 5.04. The van der Waals surface area contributed by atoms with Gasteiger partial charge in [-0.15, -0.1) is 0 Å². The molecule has 2 atom stereocenters. The molecule has 1 fully saturated rings. The molecule has 4 heteroatoms. The average Bonchev–Trinajstić information content (AvgIpc) is 2.83. The van der Waals surface area contributed by atoms with E-state index in [1.54, 1.807) is 6.92 Å². The van der Waals surface area contributed by atoms with Crippen molar-refractivity contribution >= 4 is 6.09 Å². The van der Waals surface area contributed by atoms with Gasteiger partial charge in [-0.2, -0.15) is 0 Å². The summed E-state index contributed by atoms with van der Waals surface area (Å²) < 4.78 is 5.12. The van der Waals surface area contributed by atoms with E-state index in [-0.39, 0.29) is 6.04 Å². The van der Waals surface area contributed by atoms with E-state index in [4.69, 9.17) is 4.74 Å². The van der Waals surface area contributed by atoms with E-state index in [1.165, 1.54) is 12.8 Å². The first kappa shape index (κ1) is 13.3. The van der Waals surface area contributed by atoms with Gasteiger partial charge in [0, 0.05) is 0 Å². The zero-order valence-corrected chi connectivity index (χ0v) is 10.6. The van der Waals surface area contributed by atoms with Crippen LogP contribution in [0.2, 0.25) is 0 Å². The van der Waals surface area contributed by atoms with Crippen LogP contribution >= 0.6 is 0 Å². The number of aliphatic hydroxyl groups is 1. The van der Waals surface area contributed by atoms with E-state index >= 15 is 0 Å². The summed E-state index contributed by atoms with van der Waals surface area (Å²) >= 11 is 0. The van der Waals surface area contributed by atoms with Gasteiger partial charge >= 0.3 is 6.09 Å². The highest BCUT2D eigenvalue weighted by molar-refractivity contribution is 5.68. The molecule has 16 heavy (non-hydrogen) atoms. The average molecular weight is 229 g/mol. The summed E-state index contributed by atoms with van der Waals surface area (Å²) in [5.74, 6) is 0.651. The Kier molecular flexibility index (Phi) is 4.19. The number of nitrogens with one attached hydrogen (secondary N) is 1. The van der Waals surface area contributed by atoms with Crippen LogP contribution in [0.3, 0.4) is 0 Å². The van der Waals surface area contributed by atoms with Crippen molar-refractivity contribution in [1.29, 1.82) is 0 Å². The Morgan fingerprint density at radius 3 is 2.50 bits per heavy atom. The smallest absolute Gasteiger partial charge is 0.407 e. The fourth-order valence-corrected chi connectivity index (χ4v) is 1.49. The summed E-state index contributed by atoms with van der Waals surface area (Å²) in [4.78, 5) is 11.4. The zero-order chi connectivity index (χ0) is 12.3. The van der Waals surface area contributed by atoms with Crippen molar-refractivity contribution < 1.29 is 14.6 Å². The predicted octanol–water partition coefficient (Wildman–Crippen LogP) is 2.06. The fourth-order valence-electron chi connectivity index (χ4n) is 1.49. The molecule has 0 heterocycles. The van der Waals surface area contributed by atoms with Crippen LogP contribution in [0.5, 0.6) is 0 Å². The van der Waals surface area contributed by atoms with Gasteiger partial charge in [0.2, 0.25) is 0 Å². The molecule has 0 aromatic heterocycles. The normalized spacial score (nSPS) is 20.1. The predicted molar refractivity (Wildman–Crippen MR) is 62.2 cm³/mol. The molecule has 1 saturated carbocycles. The second-order valence-corrected chi connectivity index (χ2v) is 5.68. The molecule has 1 aliphatic rings. The number of aliphatic hydroxyl groups excluding tert-OH is 1. The molecule has 2 N–H and O–H groups in total. The van der Waals surface area contributed by atoms with Crippen LogP contribution in [0.4, 0.5) is 4.79 Å². The maximum Gasteiger partial charge on any atom is 0.407 e. The van der Waals surface area contributed by atoms with E-state index in [2.05, 4.69) is 5.32 Å². The molecular formula is C12H23NO3. The lowest BCUT2D eigenvalue weighted by Crippen LogP contribution is -2.43. The molecule has 0 aromatic carbocycles. The Balaban J connectivity index is 2.26. The maximum absolute atomic E-state index is 11.4. The summed E-state index contributed by atoms with van der Waals surface area (Å²) in [6, 6.07) is -0.254. The molecule has 4 nitrogen and oxygen atoms in total. The summed E-state index contributed by atoms with van der Waals surface area (Å²) in [7, 11) is 0. The molecule has 0 bridgehead atoms. The third-order valence-electron chi connectivity index (χ3n) is 2.59. The Hall–Kier alpha value is -0.770. The standard InChI is InChI=1S/C12H23NO3/c1-8(10(14)7-9-5-6-9)13-11(15)16-12(2,3)4/h8-10,14H,5-7H2,1-4H3,(H,13,15). The zero-order valence-electron chi connectivity index (χ0n) is 10.6. The number of amides is 1. The monoisotopic (exact) mass is 229 g/mol. The van der Waals surface area contributed by atoms with Gasteiger partial charge in [0.15, 0.2) is 0 Å². The van der Waals surface area contributed by atoms with E-state index in [0.717, 1.165) is 6.42 Å². The minimum atomic E-state index is -0.495. The minimum absolute atomic E-state index is 0.254. The number of hydrogen-bond donors (Lipinski definition) is 2. The van der Waals surface area contributed by atoms with Crippen molar-refractivity contribution in [3.63, 3.8) is 0 Å². The highest BCUT2D eigenvalue weighted by Gasteiger charge is 2.28. The summed E-state index contributed by atoms with van der Waals surface area (Å²) in [6.45, 7) is 7.25. The number of carbonyl (C=O) groups excluding carboxylic acids is 1. The van der Waals surface area contributed by atoms with Gasteiger partial charge in [-0.05, 0) is 40.0 Å². The van der Waals surface area contributed by atoms with Gasteiger partial charge in [0.1, 0.15) is 5.60 Å². The van der Waals surface area contributed by atoms with Crippen molar-refractivity contribution in [2.75, 3.05) is 0 Å². The van der Waals surface area contributed by atoms with Crippen molar-refractivity contribution in [3.05, 3.63) is 0 Å². The summed E-state index contributed by atoms with van der Waals surface area (Å²) in [6.07, 6.45) is 2.25. The lowest BCUT2D eigenvalue weighted by atomic mass is 10.1. The molecule has 2 unspecified atom stereocenters. The molecule has 1 amide bonds. The first-order valence-corrected chi connectivity index (χ1v) is 5.95. The third kappa shape index (κ3) is 5.35. The Bertz CT molecular complexity index is 243. The lowest BCUT2D eigenvalue weighted by molar-refractivity contribution is 0.0423. The molecule has 94 valence electrons. The first-order valence-electron chi connectivity index (χ1n) is 5.95. The maximum atomic E-state index is 11.4. The van der Waals surface area contributed by atoms with E-state index in [9.17, 15) is 9.90 Å². The fraction of sp³-hybridized carbons (Fsp3) is 0.917. The van der Waals surface area contributed by atoms with E-state index < -0.39 is 17.8 Å². The molecule has 1 rings (SSSR count). The number of rotatable bonds is 4. The number of alkyl carbamates (subject to hydrolysis) is 1. The van der Waals surface area contributed by atoms with Crippen LogP contribution < -0.4 is 5.32 Å². The van der Waals surface area contributed by atoms with Crippen molar-refractivity contribution in [1.82, 2.24) is 5.32 Å². The second-order valence-electron chi connectivity index (χ2n) is 5.68. The number of ether oxygens (including phenoxy) is 1. The molecular weight excluding hydrogens is 206 g/mol. The first-order chi connectivity index (χ1) is 7.28. The van der Waals surface area contributed by atoms with Crippen LogP contribution in [0, 0.1) is 5.92 Å². The Morgan fingerprint density at radius 1 is 1.50 bits per heavy atom. The molecule has 0 aliphatic heterocycles. The van der Waals surface area contributed by atoms with E-state index in [1.807, 2.05) is 20.8 Å². The Morgan fingerprint density at radius 2 is 2.06 bits per heavy atom. The summed E-state index contributed by atoms with van der Waals surface area (Å²) in [5.41, 5.74) is -0.495. The van der Waals surface area contributed by atoms with E-state index in [0.29, 0.717) is 5.92 Å². The third-order valence-corrected chi connectivity index (χ3v) is 2.59. The highest BCUT2D eigenvalue weighted by Crippen LogP contribution is 2.34. The molecule has 0 radical (unpaired) electrons. The quantitative estimate of drug-likeness (QED) is 0.775. The van der Waals surface area contributed by atoms with Crippen molar-refractivity contribution in [2.45, 2.75) is 64.7 Å². The van der Waals surface area contributed by atoms with Crippen LogP contribution in [0.15, 0.2) is 0 Å². The van der Waals surface area contributed by atoms with Crippen molar-refractivity contribution in [2.24, 2.45) is 5.92 Å². The van der Waals surface area contributed by atoms with Gasteiger partial charge in [-0.25, -0.2) is 4.79 Å². The van der Waals surface area contributed by atoms with Crippen LogP contribution in [0.1, 0.15) is 47.0 Å². The van der Waals surface area contributed by atoms with Gasteiger partial charge in [0.25, 0.3) is 0 Å². The van der Waals surface area contributed by atoms with Crippen LogP contribution in [-0.4, -0.2) is 28.9 Å². The summed E-state index contributed by atoms with van der Waals surface area (Å²) in [5, 5.41) is 12.5. The number of hydrogen-bond acceptors (Lipinski definition) is 3. The minimum Gasteiger partial charge on any atom is -0.444 e.